The minimum absolute atomic E-state index is 0.397. The molecule has 4 N–H and O–H groups in total. The van der Waals surface area contributed by atoms with E-state index < -0.39 is 30.6 Å². The second-order valence-electron chi connectivity index (χ2n) is 9.83. The van der Waals surface area contributed by atoms with Gasteiger partial charge in [0, 0.05) is 18.5 Å². The summed E-state index contributed by atoms with van der Waals surface area (Å²) in [5.41, 5.74) is 2.69. The molecule has 4 atom stereocenters. The fourth-order valence-corrected chi connectivity index (χ4v) is 4.94. The zero-order valence-corrected chi connectivity index (χ0v) is 21.7. The zero-order chi connectivity index (χ0) is 27.4. The minimum Gasteiger partial charge on any atom is -0.493 e. The average Bonchev–Trinajstić information content (AvgIpc) is 3.43. The quantitative estimate of drug-likeness (QED) is 0.227. The zero-order valence-electron chi connectivity index (χ0n) is 21.7. The maximum atomic E-state index is 11.2. The molecule has 0 saturated carbocycles. The molecular formula is C30H32N4O5. The van der Waals surface area contributed by atoms with Crippen LogP contribution in [-0.4, -0.2) is 55.9 Å². The first-order valence-corrected chi connectivity index (χ1v) is 13.0. The lowest BCUT2D eigenvalue weighted by Crippen LogP contribution is -2.44. The van der Waals surface area contributed by atoms with Crippen LogP contribution in [0.5, 0.6) is 5.75 Å². The molecule has 202 valence electrons. The molecule has 1 saturated heterocycles. The second kappa shape index (κ2) is 11.4. The van der Waals surface area contributed by atoms with Gasteiger partial charge < -0.3 is 30.1 Å². The first-order valence-electron chi connectivity index (χ1n) is 13.0. The Kier molecular flexibility index (Phi) is 7.82. The van der Waals surface area contributed by atoms with Crippen LogP contribution in [0.4, 0.5) is 5.95 Å². The summed E-state index contributed by atoms with van der Waals surface area (Å²) in [7, 11) is 0. The lowest BCUT2D eigenvalue weighted by atomic mass is 9.96. The summed E-state index contributed by atoms with van der Waals surface area (Å²) in [4.78, 5) is 4.73. The van der Waals surface area contributed by atoms with Crippen LogP contribution in [0.2, 0.25) is 0 Å². The molecule has 0 amide bonds. The second-order valence-corrected chi connectivity index (χ2v) is 9.83. The number of nitrogens with one attached hydrogen (secondary N) is 1. The number of nitriles is 1. The Morgan fingerprint density at radius 2 is 1.90 bits per heavy atom. The summed E-state index contributed by atoms with van der Waals surface area (Å²) < 4.78 is 13.7. The van der Waals surface area contributed by atoms with Gasteiger partial charge in [0.2, 0.25) is 5.95 Å². The normalized spacial score (nSPS) is 22.6. The highest BCUT2D eigenvalue weighted by molar-refractivity contribution is 5.79. The van der Waals surface area contributed by atoms with Crippen molar-refractivity contribution in [1.82, 2.24) is 9.55 Å². The molecule has 0 aliphatic carbocycles. The SMILES string of the molecule is CC1(O)C(O)C(CO)OC1n1c(NCc2ccc(-c3ccccc3)c(OCCCC#N)c2)nc2ccccc21. The van der Waals surface area contributed by atoms with Gasteiger partial charge in [-0.2, -0.15) is 5.26 Å². The van der Waals surface area contributed by atoms with E-state index >= 15 is 0 Å². The molecule has 0 bridgehead atoms. The summed E-state index contributed by atoms with van der Waals surface area (Å²) in [6.07, 6.45) is -2.10. The Labute approximate surface area is 226 Å². The lowest BCUT2D eigenvalue weighted by molar-refractivity contribution is -0.0939. The molecule has 39 heavy (non-hydrogen) atoms. The highest BCUT2D eigenvalue weighted by Gasteiger charge is 2.53. The summed E-state index contributed by atoms with van der Waals surface area (Å²) in [5.74, 6) is 1.18. The number of unbranched alkanes of at least 4 members (excludes halogenated alkanes) is 1. The average molecular weight is 529 g/mol. The fourth-order valence-electron chi connectivity index (χ4n) is 4.94. The van der Waals surface area contributed by atoms with Gasteiger partial charge in [0.15, 0.2) is 6.23 Å². The van der Waals surface area contributed by atoms with Crippen LogP contribution in [0.1, 0.15) is 31.6 Å². The summed E-state index contributed by atoms with van der Waals surface area (Å²) in [6.45, 7) is 1.90. The van der Waals surface area contributed by atoms with E-state index in [9.17, 15) is 15.3 Å². The van der Waals surface area contributed by atoms with E-state index in [0.29, 0.717) is 37.5 Å². The van der Waals surface area contributed by atoms with Crippen LogP contribution in [0.3, 0.4) is 0 Å². The van der Waals surface area contributed by atoms with Crippen LogP contribution in [-0.2, 0) is 11.3 Å². The van der Waals surface area contributed by atoms with Crippen molar-refractivity contribution >= 4 is 17.0 Å². The highest BCUT2D eigenvalue weighted by Crippen LogP contribution is 2.41. The van der Waals surface area contributed by atoms with Gasteiger partial charge in [0.05, 0.1) is 30.3 Å². The van der Waals surface area contributed by atoms with Gasteiger partial charge in [-0.3, -0.25) is 4.57 Å². The predicted molar refractivity (Wildman–Crippen MR) is 147 cm³/mol. The topological polar surface area (TPSA) is 133 Å². The van der Waals surface area contributed by atoms with Crippen molar-refractivity contribution in [3.8, 4) is 22.9 Å². The van der Waals surface area contributed by atoms with Crippen LogP contribution < -0.4 is 10.1 Å². The summed E-state index contributed by atoms with van der Waals surface area (Å²) in [6, 6.07) is 25.6. The molecule has 1 fully saturated rings. The van der Waals surface area contributed by atoms with Crippen molar-refractivity contribution in [2.24, 2.45) is 0 Å². The molecule has 9 nitrogen and oxygen atoms in total. The molecule has 9 heteroatoms. The smallest absolute Gasteiger partial charge is 0.206 e. The number of aliphatic hydroxyl groups excluding tert-OH is 2. The number of imidazole rings is 1. The van der Waals surface area contributed by atoms with E-state index in [0.717, 1.165) is 28.0 Å². The molecular weight excluding hydrogens is 496 g/mol. The predicted octanol–water partition coefficient (Wildman–Crippen LogP) is 4.00. The number of para-hydroxylation sites is 2. The lowest BCUT2D eigenvalue weighted by Gasteiger charge is -2.29. The van der Waals surface area contributed by atoms with Crippen LogP contribution in [0.15, 0.2) is 72.8 Å². The van der Waals surface area contributed by atoms with E-state index in [4.69, 9.17) is 19.7 Å². The number of nitrogens with zero attached hydrogens (tertiary/aromatic N) is 3. The Balaban J connectivity index is 1.45. The van der Waals surface area contributed by atoms with E-state index in [2.05, 4.69) is 11.4 Å². The highest BCUT2D eigenvalue weighted by atomic mass is 16.6. The third kappa shape index (κ3) is 5.33. The van der Waals surface area contributed by atoms with Gasteiger partial charge in [-0.25, -0.2) is 4.98 Å². The van der Waals surface area contributed by atoms with Crippen LogP contribution >= 0.6 is 0 Å². The van der Waals surface area contributed by atoms with Crippen molar-refractivity contribution in [1.29, 1.82) is 5.26 Å². The van der Waals surface area contributed by atoms with Gasteiger partial charge >= 0.3 is 0 Å². The number of anilines is 1. The molecule has 2 heterocycles. The van der Waals surface area contributed by atoms with Crippen molar-refractivity contribution in [3.05, 3.63) is 78.4 Å². The van der Waals surface area contributed by atoms with Gasteiger partial charge in [-0.15, -0.1) is 0 Å². The number of aromatic nitrogens is 2. The van der Waals surface area contributed by atoms with E-state index in [1.165, 1.54) is 6.92 Å². The molecule has 4 aromatic rings. The van der Waals surface area contributed by atoms with Gasteiger partial charge in [-0.05, 0) is 42.7 Å². The maximum Gasteiger partial charge on any atom is 0.206 e. The number of hydrogen-bond acceptors (Lipinski definition) is 8. The first-order chi connectivity index (χ1) is 18.9. The third-order valence-electron chi connectivity index (χ3n) is 7.04. The Bertz CT molecular complexity index is 1460. The van der Waals surface area contributed by atoms with Crippen molar-refractivity contribution in [2.45, 2.75) is 50.3 Å². The molecule has 1 aromatic heterocycles. The van der Waals surface area contributed by atoms with Crippen molar-refractivity contribution in [3.63, 3.8) is 0 Å². The number of aliphatic hydroxyl groups is 3. The van der Waals surface area contributed by atoms with Gasteiger partial charge in [0.1, 0.15) is 23.6 Å². The molecule has 3 aromatic carbocycles. The monoisotopic (exact) mass is 528 g/mol. The largest absolute Gasteiger partial charge is 0.493 e. The molecule has 0 spiro atoms. The fraction of sp³-hybridized carbons (Fsp3) is 0.333. The maximum absolute atomic E-state index is 11.2. The van der Waals surface area contributed by atoms with Crippen molar-refractivity contribution in [2.75, 3.05) is 18.5 Å². The van der Waals surface area contributed by atoms with E-state index in [1.807, 2.05) is 72.8 Å². The molecule has 1 aliphatic rings. The molecule has 4 unspecified atom stereocenters. The molecule has 1 aliphatic heterocycles. The van der Waals surface area contributed by atoms with Crippen LogP contribution in [0.25, 0.3) is 22.2 Å². The number of hydrogen-bond donors (Lipinski definition) is 4. The standard InChI is InChI=1S/C30H32N4O5/c1-30(37)27(36)26(19-35)39-28(30)34-24-12-6-5-11-23(24)33-29(34)32-18-20-13-14-22(21-9-3-2-4-10-21)25(17-20)38-16-8-7-15-31/h2-6,9-14,17,26-28,35-37H,7-8,16,18-19H2,1H3,(H,32,33). The minimum atomic E-state index is -1.66. The third-order valence-corrected chi connectivity index (χ3v) is 7.04. The van der Waals surface area contributed by atoms with E-state index in [-0.39, 0.29) is 0 Å². The Hall–Kier alpha value is -3.94. The number of benzene rings is 3. The molecule has 0 radical (unpaired) electrons. The van der Waals surface area contributed by atoms with E-state index in [1.54, 1.807) is 4.57 Å². The number of fused-ring (bicyclic) bond motifs is 1. The summed E-state index contributed by atoms with van der Waals surface area (Å²) in [5, 5.41) is 43.7. The first kappa shape index (κ1) is 26.7. The van der Waals surface area contributed by atoms with Crippen molar-refractivity contribution < 1.29 is 24.8 Å². The van der Waals surface area contributed by atoms with Gasteiger partial charge in [-0.1, -0.05) is 54.6 Å². The number of rotatable bonds is 10. The Morgan fingerprint density at radius 1 is 1.13 bits per heavy atom. The number of ether oxygens (including phenoxy) is 2. The Morgan fingerprint density at radius 3 is 2.64 bits per heavy atom. The van der Waals surface area contributed by atoms with Crippen LogP contribution in [0, 0.1) is 11.3 Å². The molecule has 5 rings (SSSR count). The van der Waals surface area contributed by atoms with Gasteiger partial charge in [0.25, 0.3) is 0 Å². The summed E-state index contributed by atoms with van der Waals surface area (Å²) >= 11 is 0.